The van der Waals surface area contributed by atoms with E-state index in [1.165, 1.54) is 37.2 Å². The van der Waals surface area contributed by atoms with Crippen LogP contribution in [0, 0.1) is 0 Å². The Hall–Kier alpha value is -0.770. The molecule has 0 amide bonds. The van der Waals surface area contributed by atoms with E-state index in [2.05, 4.69) is 27.2 Å². The molecule has 0 radical (unpaired) electrons. The molecule has 0 bridgehead atoms. The minimum atomic E-state index is 0.833. The number of anilines is 1. The molecule has 19 heavy (non-hydrogen) atoms. The number of piperazine rings is 1. The van der Waals surface area contributed by atoms with E-state index in [0.29, 0.717) is 0 Å². The number of nitrogens with one attached hydrogen (secondary N) is 1. The average molecular weight is 280 g/mol. The molecule has 0 spiro atoms. The maximum absolute atomic E-state index is 6.17. The van der Waals surface area contributed by atoms with Crippen molar-refractivity contribution in [1.82, 2.24) is 10.2 Å². The molecule has 1 aromatic rings. The summed E-state index contributed by atoms with van der Waals surface area (Å²) < 4.78 is 0. The Kier molecular flexibility index (Phi) is 3.96. The van der Waals surface area contributed by atoms with Crippen LogP contribution in [0.1, 0.15) is 18.4 Å². The molecular formula is C15H22ClN3. The van der Waals surface area contributed by atoms with Crippen molar-refractivity contribution in [2.45, 2.75) is 25.4 Å². The van der Waals surface area contributed by atoms with Crippen molar-refractivity contribution in [3.05, 3.63) is 28.8 Å². The molecule has 0 atom stereocenters. The van der Waals surface area contributed by atoms with Crippen LogP contribution in [0.4, 0.5) is 5.69 Å². The molecule has 1 aromatic carbocycles. The molecule has 1 heterocycles. The van der Waals surface area contributed by atoms with Crippen LogP contribution in [-0.2, 0) is 6.54 Å². The maximum atomic E-state index is 6.17. The molecule has 1 saturated heterocycles. The number of rotatable bonds is 4. The van der Waals surface area contributed by atoms with Crippen molar-refractivity contribution < 1.29 is 0 Å². The lowest BCUT2D eigenvalue weighted by Crippen LogP contribution is -2.47. The van der Waals surface area contributed by atoms with Crippen molar-refractivity contribution in [1.29, 1.82) is 0 Å². The van der Waals surface area contributed by atoms with Crippen LogP contribution in [0.5, 0.6) is 0 Å². The fourth-order valence-corrected chi connectivity index (χ4v) is 3.11. The molecule has 1 N–H and O–H groups in total. The first-order valence-electron chi connectivity index (χ1n) is 7.20. The molecule has 4 heteroatoms. The Morgan fingerprint density at radius 2 is 1.95 bits per heavy atom. The van der Waals surface area contributed by atoms with Gasteiger partial charge in [-0.15, -0.1) is 0 Å². The fourth-order valence-electron chi connectivity index (χ4n) is 2.94. The topological polar surface area (TPSA) is 18.5 Å². The predicted octanol–water partition coefficient (Wildman–Crippen LogP) is 2.34. The summed E-state index contributed by atoms with van der Waals surface area (Å²) in [5.41, 5.74) is 2.64. The maximum Gasteiger partial charge on any atom is 0.0427 e. The lowest BCUT2D eigenvalue weighted by atomic mass is 10.1. The second-order valence-corrected chi connectivity index (χ2v) is 5.99. The van der Waals surface area contributed by atoms with Gasteiger partial charge in [0.1, 0.15) is 0 Å². The SMILES string of the molecule is CNCc1ccc(Cl)cc1N1CCN(C2CC2)CC1. The van der Waals surface area contributed by atoms with Crippen molar-refractivity contribution in [3.63, 3.8) is 0 Å². The standard InChI is InChI=1S/C15H22ClN3/c1-17-11-12-2-3-13(16)10-15(12)19-8-6-18(7-9-19)14-4-5-14/h2-3,10,14,17H,4-9,11H2,1H3. The summed E-state index contributed by atoms with van der Waals surface area (Å²) in [5.74, 6) is 0. The van der Waals surface area contributed by atoms with E-state index in [0.717, 1.165) is 30.7 Å². The molecule has 1 saturated carbocycles. The highest BCUT2D eigenvalue weighted by Crippen LogP contribution is 2.30. The van der Waals surface area contributed by atoms with Crippen molar-refractivity contribution in [2.75, 3.05) is 38.1 Å². The normalized spacial score (nSPS) is 20.8. The first-order valence-corrected chi connectivity index (χ1v) is 7.58. The molecule has 104 valence electrons. The van der Waals surface area contributed by atoms with E-state index < -0.39 is 0 Å². The summed E-state index contributed by atoms with van der Waals surface area (Å²) in [6.45, 7) is 5.52. The largest absolute Gasteiger partial charge is 0.369 e. The van der Waals surface area contributed by atoms with Crippen LogP contribution in [-0.4, -0.2) is 44.2 Å². The van der Waals surface area contributed by atoms with Crippen molar-refractivity contribution in [2.24, 2.45) is 0 Å². The van der Waals surface area contributed by atoms with Crippen LogP contribution in [0.2, 0.25) is 5.02 Å². The summed E-state index contributed by atoms with van der Waals surface area (Å²) in [5, 5.41) is 4.07. The summed E-state index contributed by atoms with van der Waals surface area (Å²) in [6, 6.07) is 7.12. The molecule has 0 unspecified atom stereocenters. The van der Waals surface area contributed by atoms with Gasteiger partial charge in [0.25, 0.3) is 0 Å². The lowest BCUT2D eigenvalue weighted by molar-refractivity contribution is 0.248. The smallest absolute Gasteiger partial charge is 0.0427 e. The van der Waals surface area contributed by atoms with Crippen LogP contribution in [0.15, 0.2) is 18.2 Å². The zero-order valence-corrected chi connectivity index (χ0v) is 12.3. The second-order valence-electron chi connectivity index (χ2n) is 5.56. The summed E-state index contributed by atoms with van der Waals surface area (Å²) >= 11 is 6.17. The van der Waals surface area contributed by atoms with E-state index in [9.17, 15) is 0 Å². The van der Waals surface area contributed by atoms with Gasteiger partial charge in [-0.3, -0.25) is 4.90 Å². The van der Waals surface area contributed by atoms with Crippen molar-refractivity contribution in [3.8, 4) is 0 Å². The molecule has 0 aromatic heterocycles. The third-order valence-electron chi connectivity index (χ3n) is 4.13. The molecular weight excluding hydrogens is 258 g/mol. The molecule has 3 rings (SSSR count). The van der Waals surface area contributed by atoms with E-state index in [4.69, 9.17) is 11.6 Å². The average Bonchev–Trinajstić information content (AvgIpc) is 3.26. The van der Waals surface area contributed by atoms with Gasteiger partial charge >= 0.3 is 0 Å². The highest BCUT2D eigenvalue weighted by molar-refractivity contribution is 6.30. The van der Waals surface area contributed by atoms with Gasteiger partial charge in [-0.05, 0) is 37.6 Å². The quantitative estimate of drug-likeness (QED) is 0.913. The number of halogens is 1. The van der Waals surface area contributed by atoms with Gasteiger partial charge in [0, 0.05) is 49.5 Å². The first kappa shape index (κ1) is 13.2. The number of hydrogen-bond donors (Lipinski definition) is 1. The molecule has 1 aliphatic heterocycles. The zero-order valence-electron chi connectivity index (χ0n) is 11.5. The Morgan fingerprint density at radius 1 is 1.21 bits per heavy atom. The van der Waals surface area contributed by atoms with E-state index in [1.54, 1.807) is 0 Å². The number of nitrogens with zero attached hydrogens (tertiary/aromatic N) is 2. The van der Waals surface area contributed by atoms with E-state index in [-0.39, 0.29) is 0 Å². The molecule has 1 aliphatic carbocycles. The predicted molar refractivity (Wildman–Crippen MR) is 81.0 cm³/mol. The van der Waals surface area contributed by atoms with E-state index in [1.807, 2.05) is 13.1 Å². The van der Waals surface area contributed by atoms with Gasteiger partial charge in [0.05, 0.1) is 0 Å². The number of hydrogen-bond acceptors (Lipinski definition) is 3. The summed E-state index contributed by atoms with van der Waals surface area (Å²) in [7, 11) is 1.99. The van der Waals surface area contributed by atoms with Crippen molar-refractivity contribution >= 4 is 17.3 Å². The van der Waals surface area contributed by atoms with Gasteiger partial charge in [-0.25, -0.2) is 0 Å². The van der Waals surface area contributed by atoms with E-state index >= 15 is 0 Å². The molecule has 2 fully saturated rings. The summed E-state index contributed by atoms with van der Waals surface area (Å²) in [6.07, 6.45) is 2.81. The summed E-state index contributed by atoms with van der Waals surface area (Å²) in [4.78, 5) is 5.12. The van der Waals surface area contributed by atoms with Crippen LogP contribution in [0.3, 0.4) is 0 Å². The Bertz CT molecular complexity index is 437. The Balaban J connectivity index is 1.72. The molecule has 2 aliphatic rings. The molecule has 3 nitrogen and oxygen atoms in total. The van der Waals surface area contributed by atoms with Gasteiger partial charge < -0.3 is 10.2 Å². The van der Waals surface area contributed by atoms with Gasteiger partial charge in [-0.1, -0.05) is 17.7 Å². The van der Waals surface area contributed by atoms with Gasteiger partial charge in [0.15, 0.2) is 0 Å². The lowest BCUT2D eigenvalue weighted by Gasteiger charge is -2.37. The van der Waals surface area contributed by atoms with Gasteiger partial charge in [0.2, 0.25) is 0 Å². The van der Waals surface area contributed by atoms with Crippen LogP contribution in [0.25, 0.3) is 0 Å². The zero-order chi connectivity index (χ0) is 13.2. The highest BCUT2D eigenvalue weighted by Gasteiger charge is 2.31. The van der Waals surface area contributed by atoms with Crippen LogP contribution < -0.4 is 10.2 Å². The van der Waals surface area contributed by atoms with Crippen LogP contribution >= 0.6 is 11.6 Å². The number of benzene rings is 1. The Labute approximate surface area is 120 Å². The first-order chi connectivity index (χ1) is 9.28. The monoisotopic (exact) mass is 279 g/mol. The second kappa shape index (κ2) is 5.70. The highest BCUT2D eigenvalue weighted by atomic mass is 35.5. The third-order valence-corrected chi connectivity index (χ3v) is 4.37. The van der Waals surface area contributed by atoms with Gasteiger partial charge in [-0.2, -0.15) is 0 Å². The minimum absolute atomic E-state index is 0.833. The fraction of sp³-hybridized carbons (Fsp3) is 0.600. The third kappa shape index (κ3) is 3.04. The minimum Gasteiger partial charge on any atom is -0.369 e. The Morgan fingerprint density at radius 3 is 2.58 bits per heavy atom.